The van der Waals surface area contributed by atoms with E-state index in [1.807, 2.05) is 18.2 Å². The Hall–Kier alpha value is -1.40. The molecule has 2 aromatic carbocycles. The van der Waals surface area contributed by atoms with Crippen LogP contribution < -0.4 is 4.74 Å². The van der Waals surface area contributed by atoms with Crippen LogP contribution in [-0.4, -0.2) is 12.0 Å². The highest BCUT2D eigenvalue weighted by molar-refractivity contribution is 9.10. The lowest BCUT2D eigenvalue weighted by Crippen LogP contribution is -1.97. The Labute approximate surface area is 139 Å². The summed E-state index contributed by atoms with van der Waals surface area (Å²) in [4.78, 5) is 10.4. The van der Waals surface area contributed by atoms with Gasteiger partial charge in [0.1, 0.15) is 5.75 Å². The summed E-state index contributed by atoms with van der Waals surface area (Å²) in [5, 5.41) is 10.6. The Kier molecular flexibility index (Phi) is 5.36. The molecule has 0 aliphatic rings. The van der Waals surface area contributed by atoms with Gasteiger partial charge in [0, 0.05) is 17.0 Å². The zero-order valence-corrected chi connectivity index (χ0v) is 14.4. The highest BCUT2D eigenvalue weighted by Gasteiger charge is 2.12. The summed E-state index contributed by atoms with van der Waals surface area (Å²) in [7, 11) is 1.63. The number of hydrogen-bond acceptors (Lipinski definition) is 3. The van der Waals surface area contributed by atoms with Crippen LogP contribution in [0.1, 0.15) is 16.0 Å². The molecular formula is C15H13Br2NO3. The number of hydrogen-bond donors (Lipinski definition) is 0. The first-order valence-electron chi connectivity index (χ1n) is 6.22. The monoisotopic (exact) mass is 413 g/mol. The standard InChI is InChI=1S/C15H13Br2NO3/c1-21-15-7-4-11(9-14(15)17)13(16)8-10-2-5-12(6-3-10)18(19)20/h2-7,9,13H,8H2,1H3. The Bertz CT molecular complexity index is 644. The topological polar surface area (TPSA) is 52.4 Å². The molecule has 0 aromatic heterocycles. The van der Waals surface area contributed by atoms with E-state index < -0.39 is 4.92 Å². The summed E-state index contributed by atoms with van der Waals surface area (Å²) in [5.74, 6) is 0.786. The number of benzene rings is 2. The third-order valence-electron chi connectivity index (χ3n) is 3.10. The molecule has 0 radical (unpaired) electrons. The van der Waals surface area contributed by atoms with Gasteiger partial charge in [-0.15, -0.1) is 0 Å². The lowest BCUT2D eigenvalue weighted by molar-refractivity contribution is -0.384. The van der Waals surface area contributed by atoms with Crippen LogP contribution >= 0.6 is 31.9 Å². The van der Waals surface area contributed by atoms with Crippen molar-refractivity contribution in [3.05, 3.63) is 68.2 Å². The minimum absolute atomic E-state index is 0.108. The van der Waals surface area contributed by atoms with Gasteiger partial charge in [0.25, 0.3) is 5.69 Å². The fourth-order valence-electron chi connectivity index (χ4n) is 1.96. The zero-order valence-electron chi connectivity index (χ0n) is 11.3. The largest absolute Gasteiger partial charge is 0.496 e. The van der Waals surface area contributed by atoms with Crippen LogP contribution in [0.2, 0.25) is 0 Å². The van der Waals surface area contributed by atoms with E-state index in [-0.39, 0.29) is 10.5 Å². The van der Waals surface area contributed by atoms with Crippen LogP contribution in [0.15, 0.2) is 46.9 Å². The molecule has 21 heavy (non-hydrogen) atoms. The maximum atomic E-state index is 10.6. The summed E-state index contributed by atoms with van der Waals surface area (Å²) >= 11 is 7.12. The molecule has 4 nitrogen and oxygen atoms in total. The van der Waals surface area contributed by atoms with Crippen LogP contribution in [0.3, 0.4) is 0 Å². The molecule has 0 amide bonds. The van der Waals surface area contributed by atoms with E-state index in [9.17, 15) is 10.1 Å². The van der Waals surface area contributed by atoms with Gasteiger partial charge in [0.05, 0.1) is 16.5 Å². The normalized spacial score (nSPS) is 12.0. The maximum absolute atomic E-state index is 10.6. The van der Waals surface area contributed by atoms with Crippen LogP contribution in [0.5, 0.6) is 5.75 Å². The van der Waals surface area contributed by atoms with Crippen LogP contribution in [0.4, 0.5) is 5.69 Å². The summed E-state index contributed by atoms with van der Waals surface area (Å²) in [6, 6.07) is 12.5. The molecule has 0 N–H and O–H groups in total. The van der Waals surface area contributed by atoms with Gasteiger partial charge in [-0.1, -0.05) is 34.1 Å². The third-order valence-corrected chi connectivity index (χ3v) is 4.57. The van der Waals surface area contributed by atoms with Crippen molar-refractivity contribution in [2.75, 3.05) is 7.11 Å². The average Bonchev–Trinajstić information content (AvgIpc) is 2.47. The second-order valence-corrected chi connectivity index (χ2v) is 6.45. The quantitative estimate of drug-likeness (QED) is 0.391. The van der Waals surface area contributed by atoms with Crippen molar-refractivity contribution >= 4 is 37.5 Å². The second-order valence-electron chi connectivity index (χ2n) is 4.49. The fraction of sp³-hybridized carbons (Fsp3) is 0.200. The van der Waals surface area contributed by atoms with E-state index in [0.29, 0.717) is 0 Å². The van der Waals surface area contributed by atoms with E-state index in [4.69, 9.17) is 4.74 Å². The number of nitrogens with zero attached hydrogens (tertiary/aromatic N) is 1. The van der Waals surface area contributed by atoms with E-state index in [1.165, 1.54) is 12.1 Å². The Morgan fingerprint density at radius 1 is 1.24 bits per heavy atom. The Balaban J connectivity index is 2.12. The molecule has 1 unspecified atom stereocenters. The number of non-ortho nitro benzene ring substituents is 1. The average molecular weight is 415 g/mol. The van der Waals surface area contributed by atoms with Gasteiger partial charge in [0.2, 0.25) is 0 Å². The van der Waals surface area contributed by atoms with Gasteiger partial charge in [-0.2, -0.15) is 0 Å². The molecule has 0 aliphatic heterocycles. The molecular weight excluding hydrogens is 402 g/mol. The minimum atomic E-state index is -0.393. The van der Waals surface area contributed by atoms with Crippen molar-refractivity contribution in [2.24, 2.45) is 0 Å². The molecule has 1 atom stereocenters. The van der Waals surface area contributed by atoms with E-state index in [2.05, 4.69) is 31.9 Å². The third kappa shape index (κ3) is 4.04. The summed E-state index contributed by atoms with van der Waals surface area (Å²) in [5.41, 5.74) is 2.26. The minimum Gasteiger partial charge on any atom is -0.496 e. The van der Waals surface area contributed by atoms with Crippen molar-refractivity contribution in [1.29, 1.82) is 0 Å². The number of halogens is 2. The predicted octanol–water partition coefficient (Wildman–Crippen LogP) is 5.04. The number of ether oxygens (including phenoxy) is 1. The first kappa shape index (κ1) is 16.0. The Morgan fingerprint density at radius 2 is 1.90 bits per heavy atom. The molecule has 0 heterocycles. The van der Waals surface area contributed by atoms with Gasteiger partial charge in [-0.25, -0.2) is 0 Å². The van der Waals surface area contributed by atoms with Gasteiger partial charge >= 0.3 is 0 Å². The number of rotatable bonds is 5. The zero-order chi connectivity index (χ0) is 15.4. The predicted molar refractivity (Wildman–Crippen MR) is 89.2 cm³/mol. The highest BCUT2D eigenvalue weighted by Crippen LogP contribution is 2.33. The van der Waals surface area contributed by atoms with E-state index >= 15 is 0 Å². The number of alkyl halides is 1. The Morgan fingerprint density at radius 3 is 2.43 bits per heavy atom. The van der Waals surface area contributed by atoms with E-state index in [1.54, 1.807) is 19.2 Å². The summed E-state index contributed by atoms with van der Waals surface area (Å²) < 4.78 is 6.11. The lowest BCUT2D eigenvalue weighted by Gasteiger charge is -2.12. The van der Waals surface area contributed by atoms with Crippen molar-refractivity contribution in [3.8, 4) is 5.75 Å². The highest BCUT2D eigenvalue weighted by atomic mass is 79.9. The van der Waals surface area contributed by atoms with Crippen molar-refractivity contribution < 1.29 is 9.66 Å². The van der Waals surface area contributed by atoms with Gasteiger partial charge in [0.15, 0.2) is 0 Å². The van der Waals surface area contributed by atoms with Gasteiger partial charge in [-0.3, -0.25) is 10.1 Å². The number of methoxy groups -OCH3 is 1. The molecule has 0 bridgehead atoms. The first-order valence-corrected chi connectivity index (χ1v) is 7.93. The first-order chi connectivity index (χ1) is 10.0. The molecule has 2 rings (SSSR count). The molecule has 0 aliphatic carbocycles. The van der Waals surface area contributed by atoms with Crippen molar-refractivity contribution in [2.45, 2.75) is 11.2 Å². The summed E-state index contributed by atoms with van der Waals surface area (Å²) in [6.07, 6.45) is 0.747. The fourth-order valence-corrected chi connectivity index (χ4v) is 3.17. The van der Waals surface area contributed by atoms with Gasteiger partial charge < -0.3 is 4.74 Å². The van der Waals surface area contributed by atoms with Crippen LogP contribution in [-0.2, 0) is 6.42 Å². The number of nitro benzene ring substituents is 1. The molecule has 0 saturated carbocycles. The molecule has 0 fully saturated rings. The van der Waals surface area contributed by atoms with Crippen LogP contribution in [0.25, 0.3) is 0 Å². The summed E-state index contributed by atoms with van der Waals surface area (Å²) in [6.45, 7) is 0. The van der Waals surface area contributed by atoms with Gasteiger partial charge in [-0.05, 0) is 45.6 Å². The SMILES string of the molecule is COc1ccc(C(Br)Cc2ccc([N+](=O)[O-])cc2)cc1Br. The smallest absolute Gasteiger partial charge is 0.269 e. The maximum Gasteiger partial charge on any atom is 0.269 e. The lowest BCUT2D eigenvalue weighted by atomic mass is 10.0. The molecule has 0 saturated heterocycles. The molecule has 6 heteroatoms. The molecule has 0 spiro atoms. The molecule has 2 aromatic rings. The molecule has 110 valence electrons. The number of nitro groups is 1. The van der Waals surface area contributed by atoms with Crippen molar-refractivity contribution in [3.63, 3.8) is 0 Å². The van der Waals surface area contributed by atoms with Crippen LogP contribution in [0, 0.1) is 10.1 Å². The second kappa shape index (κ2) is 7.04. The van der Waals surface area contributed by atoms with Crippen molar-refractivity contribution in [1.82, 2.24) is 0 Å². The van der Waals surface area contributed by atoms with E-state index in [0.717, 1.165) is 27.8 Å².